The van der Waals surface area contributed by atoms with Gasteiger partial charge < -0.3 is 0 Å². The third-order valence-electron chi connectivity index (χ3n) is 1.13. The Labute approximate surface area is 84.1 Å². The second-order valence-corrected chi connectivity index (χ2v) is 2.00. The average molecular weight is 295 g/mol. The zero-order valence-electron chi connectivity index (χ0n) is 6.13. The minimum atomic E-state index is -5.79. The average Bonchev–Trinajstić information content (AvgIpc) is 1.83. The Kier molecular flexibility index (Phi) is 5.76. The van der Waals surface area contributed by atoms with Crippen LogP contribution in [0, 0.1) is 0 Å². The Bertz CT molecular complexity index is 130. The predicted octanol–water partition coefficient (Wildman–Crippen LogP) is 2.55. The van der Waals surface area contributed by atoms with E-state index < -0.39 is 24.7 Å². The molecule has 0 aliphatic rings. The van der Waals surface area contributed by atoms with E-state index in [1.807, 2.05) is 0 Å². The molecule has 0 aromatic carbocycles. The molecule has 0 N–H and O–H groups in total. The summed E-state index contributed by atoms with van der Waals surface area (Å²) in [6.07, 6.45) is -9.79. The van der Waals surface area contributed by atoms with Crippen LogP contribution in [-0.4, -0.2) is 44.1 Å². The molecule has 0 bridgehead atoms. The van der Waals surface area contributed by atoms with Gasteiger partial charge in [-0.25, -0.2) is 4.39 Å². The minimum Gasteiger partial charge on any atom is -0.240 e. The molecular weight excluding hydrogens is 289 g/mol. The fourth-order valence-corrected chi connectivity index (χ4v) is 0.434. The largest absolute Gasteiger partial charge is 0.456 e. The Balaban J connectivity index is 0. The van der Waals surface area contributed by atoms with E-state index in [9.17, 15) is 26.3 Å². The quantitative estimate of drug-likeness (QED) is 0.687. The summed E-state index contributed by atoms with van der Waals surface area (Å²) < 4.78 is 69.4. The van der Waals surface area contributed by atoms with Crippen LogP contribution in [0.15, 0.2) is 0 Å². The summed E-state index contributed by atoms with van der Waals surface area (Å²) in [5, 5.41) is 0. The van der Waals surface area contributed by atoms with Gasteiger partial charge in [-0.3, -0.25) is 0 Å². The molecule has 0 heterocycles. The third kappa shape index (κ3) is 3.06. The summed E-state index contributed by atoms with van der Waals surface area (Å²) in [4.78, 5) is 0. The fourth-order valence-electron chi connectivity index (χ4n) is 0.434. The number of rotatable bonds is 2. The zero-order valence-corrected chi connectivity index (χ0v) is 9.43. The van der Waals surface area contributed by atoms with Crippen LogP contribution in [0.3, 0.4) is 0 Å². The molecule has 3 radical (unpaired) electrons. The van der Waals surface area contributed by atoms with Crippen molar-refractivity contribution >= 4 is 25.8 Å². The molecule has 0 saturated carbocycles. The zero-order chi connectivity index (χ0) is 9.28. The van der Waals surface area contributed by atoms with Crippen molar-refractivity contribution in [2.45, 2.75) is 31.6 Å². The van der Waals surface area contributed by atoms with Gasteiger partial charge in [0.05, 0.1) is 0 Å². The maximum absolute atomic E-state index is 11.9. The fraction of sp³-hybridized carbons (Fsp3) is 1.00. The maximum Gasteiger partial charge on any atom is 0.456 e. The molecule has 0 nitrogen and oxygen atoms in total. The van der Waals surface area contributed by atoms with Crippen LogP contribution in [0.25, 0.3) is 0 Å². The number of halogens is 6. The number of alkyl halides is 6. The van der Waals surface area contributed by atoms with Crippen molar-refractivity contribution < 1.29 is 26.3 Å². The van der Waals surface area contributed by atoms with Gasteiger partial charge in [-0.2, -0.15) is 22.0 Å². The molecule has 0 fully saturated rings. The standard InChI is InChI=1S/C5H6F6.In/c1-2-3(6)4(7,8)5(9,10)11;/h3H,2H2,1H3;. The number of hydrogen-bond acceptors (Lipinski definition) is 0. The van der Waals surface area contributed by atoms with Gasteiger partial charge in [0.1, 0.15) is 0 Å². The van der Waals surface area contributed by atoms with Crippen LogP contribution in [0.2, 0.25) is 0 Å². The smallest absolute Gasteiger partial charge is 0.240 e. The molecular formula is C5H6F6In. The van der Waals surface area contributed by atoms with Crippen molar-refractivity contribution in [1.82, 2.24) is 0 Å². The monoisotopic (exact) mass is 295 g/mol. The first-order valence-corrected chi connectivity index (χ1v) is 2.82. The Morgan fingerprint density at radius 3 is 1.50 bits per heavy atom. The first kappa shape index (κ1) is 14.9. The van der Waals surface area contributed by atoms with E-state index in [0.717, 1.165) is 6.92 Å². The van der Waals surface area contributed by atoms with Crippen molar-refractivity contribution in [2.75, 3.05) is 0 Å². The van der Waals surface area contributed by atoms with E-state index in [1.165, 1.54) is 0 Å². The molecule has 0 saturated heterocycles. The van der Waals surface area contributed by atoms with E-state index in [-0.39, 0.29) is 25.8 Å². The molecule has 7 heteroatoms. The molecule has 0 aliphatic carbocycles. The van der Waals surface area contributed by atoms with Crippen LogP contribution in [0.4, 0.5) is 26.3 Å². The SMILES string of the molecule is CCC(F)C(F)(F)C(F)(F)F.[In]. The van der Waals surface area contributed by atoms with Crippen LogP contribution in [0.5, 0.6) is 0 Å². The van der Waals surface area contributed by atoms with E-state index in [1.54, 1.807) is 0 Å². The van der Waals surface area contributed by atoms with Gasteiger partial charge >= 0.3 is 12.1 Å². The summed E-state index contributed by atoms with van der Waals surface area (Å²) in [6, 6.07) is 0. The van der Waals surface area contributed by atoms with Crippen molar-refractivity contribution in [1.29, 1.82) is 0 Å². The van der Waals surface area contributed by atoms with Crippen molar-refractivity contribution in [2.24, 2.45) is 0 Å². The topological polar surface area (TPSA) is 0 Å². The van der Waals surface area contributed by atoms with Gasteiger partial charge in [-0.1, -0.05) is 6.92 Å². The summed E-state index contributed by atoms with van der Waals surface area (Å²) in [5.74, 6) is -5.22. The van der Waals surface area contributed by atoms with E-state index in [4.69, 9.17) is 0 Å². The first-order valence-electron chi connectivity index (χ1n) is 2.82. The molecule has 12 heavy (non-hydrogen) atoms. The molecule has 1 unspecified atom stereocenters. The summed E-state index contributed by atoms with van der Waals surface area (Å²) >= 11 is 0. The molecule has 0 amide bonds. The van der Waals surface area contributed by atoms with Crippen LogP contribution in [0.1, 0.15) is 13.3 Å². The van der Waals surface area contributed by atoms with E-state index in [0.29, 0.717) is 0 Å². The van der Waals surface area contributed by atoms with Gasteiger partial charge in [-0.15, -0.1) is 0 Å². The second kappa shape index (κ2) is 4.62. The molecule has 1 atom stereocenters. The van der Waals surface area contributed by atoms with Gasteiger partial charge in [0.25, 0.3) is 0 Å². The van der Waals surface area contributed by atoms with Crippen LogP contribution in [-0.2, 0) is 0 Å². The Hall–Kier alpha value is 0.450. The third-order valence-corrected chi connectivity index (χ3v) is 1.13. The molecule has 0 aromatic heterocycles. The van der Waals surface area contributed by atoms with Gasteiger partial charge in [0.2, 0.25) is 0 Å². The van der Waals surface area contributed by atoms with Gasteiger partial charge in [0, 0.05) is 25.8 Å². The summed E-state index contributed by atoms with van der Waals surface area (Å²) in [5.41, 5.74) is 0. The summed E-state index contributed by atoms with van der Waals surface area (Å²) in [7, 11) is 0. The van der Waals surface area contributed by atoms with Crippen LogP contribution < -0.4 is 0 Å². The van der Waals surface area contributed by atoms with Crippen LogP contribution >= 0.6 is 0 Å². The van der Waals surface area contributed by atoms with Gasteiger partial charge in [0.15, 0.2) is 6.17 Å². The summed E-state index contributed by atoms with van der Waals surface area (Å²) in [6.45, 7) is 0.921. The minimum absolute atomic E-state index is 0. The first-order chi connectivity index (χ1) is 4.73. The number of hydrogen-bond donors (Lipinski definition) is 0. The Morgan fingerprint density at radius 1 is 1.08 bits per heavy atom. The van der Waals surface area contributed by atoms with Crippen molar-refractivity contribution in [3.05, 3.63) is 0 Å². The molecule has 0 aromatic rings. The predicted molar refractivity (Wildman–Crippen MR) is 31.9 cm³/mol. The Morgan fingerprint density at radius 2 is 1.42 bits per heavy atom. The van der Waals surface area contributed by atoms with E-state index >= 15 is 0 Å². The maximum atomic E-state index is 11.9. The van der Waals surface area contributed by atoms with Crippen molar-refractivity contribution in [3.8, 4) is 0 Å². The molecule has 71 valence electrons. The second-order valence-electron chi connectivity index (χ2n) is 2.00. The molecule has 0 rings (SSSR count). The normalized spacial score (nSPS) is 15.2. The van der Waals surface area contributed by atoms with E-state index in [2.05, 4.69) is 0 Å². The molecule has 0 aliphatic heterocycles. The van der Waals surface area contributed by atoms with Crippen molar-refractivity contribution in [3.63, 3.8) is 0 Å². The molecule has 0 spiro atoms. The van der Waals surface area contributed by atoms with Gasteiger partial charge in [-0.05, 0) is 6.42 Å².